The van der Waals surface area contributed by atoms with Crippen LogP contribution in [0.15, 0.2) is 48.5 Å². The fourth-order valence-corrected chi connectivity index (χ4v) is 3.50. The van der Waals surface area contributed by atoms with E-state index in [0.717, 1.165) is 16.7 Å². The highest BCUT2D eigenvalue weighted by molar-refractivity contribution is 7.71. The first-order chi connectivity index (χ1) is 14.3. The molecule has 1 atom stereocenters. The van der Waals surface area contributed by atoms with Gasteiger partial charge in [-0.2, -0.15) is 5.10 Å². The van der Waals surface area contributed by atoms with E-state index in [0.29, 0.717) is 23.7 Å². The largest absolute Gasteiger partial charge is 0.354 e. The van der Waals surface area contributed by atoms with Crippen LogP contribution in [0.25, 0.3) is 11.4 Å². The first kappa shape index (κ1) is 21.9. The Hall–Kier alpha value is -2.84. The van der Waals surface area contributed by atoms with Gasteiger partial charge in [-0.25, -0.2) is 4.39 Å². The number of rotatable bonds is 8. The number of nitrogens with zero attached hydrogens (tertiary/aromatic N) is 3. The molecule has 3 rings (SSSR count). The van der Waals surface area contributed by atoms with E-state index >= 15 is 0 Å². The number of benzene rings is 2. The monoisotopic (exact) mass is 427 g/mol. The van der Waals surface area contributed by atoms with Gasteiger partial charge >= 0.3 is 0 Å². The summed E-state index contributed by atoms with van der Waals surface area (Å²) in [4.78, 5) is 14.4. The number of carbonyl (C=O) groups excluding carboxylic acids is 1. The molecule has 2 aromatic carbocycles. The van der Waals surface area contributed by atoms with Crippen LogP contribution in [0.5, 0.6) is 0 Å². The van der Waals surface area contributed by atoms with Gasteiger partial charge in [0.25, 0.3) is 0 Å². The maximum absolute atomic E-state index is 13.6. The van der Waals surface area contributed by atoms with Gasteiger partial charge < -0.3 is 10.2 Å². The topological polar surface area (TPSA) is 66.0 Å². The van der Waals surface area contributed by atoms with Gasteiger partial charge in [-0.1, -0.05) is 42.0 Å². The van der Waals surface area contributed by atoms with Crippen molar-refractivity contribution in [1.29, 1.82) is 0 Å². The molecule has 8 heteroatoms. The molecule has 0 saturated heterocycles. The zero-order valence-corrected chi connectivity index (χ0v) is 18.2. The van der Waals surface area contributed by atoms with Gasteiger partial charge in [-0.15, -0.1) is 0 Å². The quantitative estimate of drug-likeness (QED) is 0.536. The Morgan fingerprint density at radius 3 is 2.67 bits per heavy atom. The summed E-state index contributed by atoms with van der Waals surface area (Å²) in [6.45, 7) is 2.82. The van der Waals surface area contributed by atoms with Crippen molar-refractivity contribution >= 4 is 18.1 Å². The fourth-order valence-electron chi connectivity index (χ4n) is 3.27. The number of halogens is 1. The van der Waals surface area contributed by atoms with Crippen molar-refractivity contribution in [2.45, 2.75) is 25.9 Å². The van der Waals surface area contributed by atoms with Crippen molar-refractivity contribution in [3.05, 3.63) is 70.2 Å². The zero-order chi connectivity index (χ0) is 21.7. The van der Waals surface area contributed by atoms with Crippen molar-refractivity contribution < 1.29 is 9.18 Å². The Morgan fingerprint density at radius 1 is 1.27 bits per heavy atom. The molecule has 1 aromatic heterocycles. The number of aryl methyl sites for hydroxylation is 1. The van der Waals surface area contributed by atoms with Crippen LogP contribution >= 0.6 is 12.2 Å². The standard InChI is InChI=1S/C22H26FN5OS/c1-15-7-9-16(10-8-15)21-25-26-22(30)28(21)12-11-20(29)24-14-19(27(2)3)17-5-4-6-18(23)13-17/h4-10,13,19H,11-12,14H2,1-3H3,(H,24,29)(H,26,30). The lowest BCUT2D eigenvalue weighted by molar-refractivity contribution is -0.121. The highest BCUT2D eigenvalue weighted by Crippen LogP contribution is 2.19. The average molecular weight is 428 g/mol. The molecule has 3 aromatic rings. The summed E-state index contributed by atoms with van der Waals surface area (Å²) >= 11 is 5.34. The minimum Gasteiger partial charge on any atom is -0.354 e. The Kier molecular flexibility index (Phi) is 7.12. The van der Waals surface area contributed by atoms with Gasteiger partial charge in [-0.05, 0) is 50.9 Å². The smallest absolute Gasteiger partial charge is 0.221 e. The molecule has 0 bridgehead atoms. The van der Waals surface area contributed by atoms with E-state index in [9.17, 15) is 9.18 Å². The number of aromatic amines is 1. The number of likely N-dealkylation sites (N-methyl/N-ethyl adjacent to an activating group) is 1. The predicted octanol–water partition coefficient (Wildman–Crippen LogP) is 3.86. The molecule has 158 valence electrons. The van der Waals surface area contributed by atoms with E-state index in [1.807, 2.05) is 60.8 Å². The molecule has 0 fully saturated rings. The molecule has 30 heavy (non-hydrogen) atoms. The third kappa shape index (κ3) is 5.40. The first-order valence-electron chi connectivity index (χ1n) is 9.76. The second-order valence-corrected chi connectivity index (χ2v) is 7.85. The maximum Gasteiger partial charge on any atom is 0.221 e. The minimum atomic E-state index is -0.288. The maximum atomic E-state index is 13.6. The van der Waals surface area contributed by atoms with Crippen molar-refractivity contribution in [2.75, 3.05) is 20.6 Å². The van der Waals surface area contributed by atoms with Gasteiger partial charge in [0, 0.05) is 25.1 Å². The van der Waals surface area contributed by atoms with Crippen molar-refractivity contribution in [3.63, 3.8) is 0 Å². The predicted molar refractivity (Wildman–Crippen MR) is 118 cm³/mol. The number of nitrogens with one attached hydrogen (secondary N) is 2. The van der Waals surface area contributed by atoms with Crippen LogP contribution < -0.4 is 5.32 Å². The Morgan fingerprint density at radius 2 is 2.00 bits per heavy atom. The zero-order valence-electron chi connectivity index (χ0n) is 17.4. The molecular formula is C22H26FN5OS. The number of amides is 1. The normalized spacial score (nSPS) is 12.2. The van der Waals surface area contributed by atoms with Crippen LogP contribution in [-0.4, -0.2) is 46.2 Å². The number of hydrogen-bond donors (Lipinski definition) is 2. The van der Waals surface area contributed by atoms with Crippen LogP contribution in [-0.2, 0) is 11.3 Å². The lowest BCUT2D eigenvalue weighted by Gasteiger charge is -2.25. The van der Waals surface area contributed by atoms with Gasteiger partial charge in [-0.3, -0.25) is 14.5 Å². The number of H-pyrrole nitrogens is 1. The number of aromatic nitrogens is 3. The van der Waals surface area contributed by atoms with Crippen LogP contribution in [0.2, 0.25) is 0 Å². The van der Waals surface area contributed by atoms with E-state index in [1.54, 1.807) is 6.07 Å². The van der Waals surface area contributed by atoms with Crippen molar-refractivity contribution in [1.82, 2.24) is 25.0 Å². The number of hydrogen-bond acceptors (Lipinski definition) is 4. The third-order valence-corrected chi connectivity index (χ3v) is 5.29. The summed E-state index contributed by atoms with van der Waals surface area (Å²) in [5.41, 5.74) is 2.92. The van der Waals surface area contributed by atoms with E-state index in [4.69, 9.17) is 12.2 Å². The van der Waals surface area contributed by atoms with E-state index in [2.05, 4.69) is 15.5 Å². The summed E-state index contributed by atoms with van der Waals surface area (Å²) < 4.78 is 15.9. The van der Waals surface area contributed by atoms with E-state index in [-0.39, 0.29) is 24.2 Å². The van der Waals surface area contributed by atoms with Gasteiger partial charge in [0.2, 0.25) is 5.91 Å². The fraction of sp³-hybridized carbons (Fsp3) is 0.318. The molecule has 0 aliphatic rings. The van der Waals surface area contributed by atoms with Crippen molar-refractivity contribution in [2.24, 2.45) is 0 Å². The third-order valence-electron chi connectivity index (χ3n) is 4.98. The first-order valence-corrected chi connectivity index (χ1v) is 10.2. The van der Waals surface area contributed by atoms with Gasteiger partial charge in [0.1, 0.15) is 5.82 Å². The van der Waals surface area contributed by atoms with Crippen LogP contribution in [0, 0.1) is 17.5 Å². The second kappa shape index (κ2) is 9.77. The Bertz CT molecular complexity index is 1060. The molecule has 1 unspecified atom stereocenters. The average Bonchev–Trinajstić information content (AvgIpc) is 3.07. The molecule has 1 amide bonds. The summed E-state index contributed by atoms with van der Waals surface area (Å²) in [7, 11) is 3.81. The molecule has 0 radical (unpaired) electrons. The summed E-state index contributed by atoms with van der Waals surface area (Å²) in [6, 6.07) is 14.3. The summed E-state index contributed by atoms with van der Waals surface area (Å²) in [5.74, 6) is 0.318. The molecule has 2 N–H and O–H groups in total. The molecule has 0 aliphatic carbocycles. The highest BCUT2D eigenvalue weighted by Gasteiger charge is 2.16. The molecular weight excluding hydrogens is 401 g/mol. The van der Waals surface area contributed by atoms with Gasteiger partial charge in [0.05, 0.1) is 6.04 Å². The van der Waals surface area contributed by atoms with Crippen molar-refractivity contribution in [3.8, 4) is 11.4 Å². The lowest BCUT2D eigenvalue weighted by Crippen LogP contribution is -2.35. The number of carbonyl (C=O) groups is 1. The van der Waals surface area contributed by atoms with Crippen LogP contribution in [0.3, 0.4) is 0 Å². The highest BCUT2D eigenvalue weighted by atomic mass is 32.1. The SMILES string of the molecule is Cc1ccc(-c2n[nH]c(=S)n2CCC(=O)NCC(c2cccc(F)c2)N(C)C)cc1. The molecule has 0 spiro atoms. The summed E-state index contributed by atoms with van der Waals surface area (Å²) in [6.07, 6.45) is 0.260. The van der Waals surface area contributed by atoms with Crippen LogP contribution in [0.4, 0.5) is 4.39 Å². The Balaban J connectivity index is 1.63. The summed E-state index contributed by atoms with van der Waals surface area (Å²) in [5, 5.41) is 10.1. The van der Waals surface area contributed by atoms with Crippen LogP contribution in [0.1, 0.15) is 23.6 Å². The second-order valence-electron chi connectivity index (χ2n) is 7.46. The van der Waals surface area contributed by atoms with E-state index in [1.165, 1.54) is 12.1 Å². The molecule has 0 aliphatic heterocycles. The molecule has 1 heterocycles. The Labute approximate surface area is 180 Å². The van der Waals surface area contributed by atoms with E-state index < -0.39 is 0 Å². The molecule has 6 nitrogen and oxygen atoms in total. The molecule has 0 saturated carbocycles. The lowest BCUT2D eigenvalue weighted by atomic mass is 10.1. The van der Waals surface area contributed by atoms with Gasteiger partial charge in [0.15, 0.2) is 10.6 Å². The minimum absolute atomic E-state index is 0.101.